The highest BCUT2D eigenvalue weighted by atomic mass is 16.5. The van der Waals surface area contributed by atoms with E-state index in [0.29, 0.717) is 17.9 Å². The van der Waals surface area contributed by atoms with Gasteiger partial charge in [-0.2, -0.15) is 10.2 Å². The quantitative estimate of drug-likeness (QED) is 0.761. The third-order valence-corrected chi connectivity index (χ3v) is 5.71. The molecule has 4 rings (SSSR count). The van der Waals surface area contributed by atoms with Crippen LogP contribution >= 0.6 is 0 Å². The van der Waals surface area contributed by atoms with Gasteiger partial charge in [0.1, 0.15) is 0 Å². The normalized spacial score (nSPS) is 25.1. The lowest BCUT2D eigenvalue weighted by Crippen LogP contribution is -2.37. The molecule has 5 heteroatoms. The first kappa shape index (κ1) is 18.9. The molecule has 3 heterocycles. The summed E-state index contributed by atoms with van der Waals surface area (Å²) in [7, 11) is 0. The third kappa shape index (κ3) is 4.20. The molecule has 2 aromatic heterocycles. The topological polar surface area (TPSA) is 59.7 Å². The smallest absolute Gasteiger partial charge is 0.0924 e. The number of nitrogens with zero attached hydrogens (tertiary/aromatic N) is 4. The van der Waals surface area contributed by atoms with Crippen molar-refractivity contribution >= 4 is 11.4 Å². The summed E-state index contributed by atoms with van der Waals surface area (Å²) in [5.74, 6) is 0.633. The van der Waals surface area contributed by atoms with Crippen molar-refractivity contribution in [3.05, 3.63) is 60.2 Å². The molecule has 1 aliphatic carbocycles. The molecule has 0 N–H and O–H groups in total. The van der Waals surface area contributed by atoms with E-state index in [9.17, 15) is 0 Å². The zero-order valence-electron chi connectivity index (χ0n) is 16.5. The van der Waals surface area contributed by atoms with Crippen molar-refractivity contribution in [2.24, 2.45) is 22.0 Å². The molecule has 2 aliphatic rings. The SMILES string of the molecule is CCCOC1CCCC2C(c3ccccn3)=NN=C(c3ccccn3)C2CC1. The Kier molecular flexibility index (Phi) is 6.22. The van der Waals surface area contributed by atoms with Crippen LogP contribution in [0.1, 0.15) is 56.8 Å². The van der Waals surface area contributed by atoms with Crippen LogP contribution in [-0.2, 0) is 4.74 Å². The first-order chi connectivity index (χ1) is 13.9. The summed E-state index contributed by atoms with van der Waals surface area (Å²) in [6.07, 6.45) is 10.5. The summed E-state index contributed by atoms with van der Waals surface area (Å²) in [6.45, 7) is 3.02. The molecule has 1 fully saturated rings. The van der Waals surface area contributed by atoms with Gasteiger partial charge in [0.2, 0.25) is 0 Å². The van der Waals surface area contributed by atoms with Crippen LogP contribution < -0.4 is 0 Å². The van der Waals surface area contributed by atoms with Crippen LogP contribution in [0.4, 0.5) is 0 Å². The lowest BCUT2D eigenvalue weighted by molar-refractivity contribution is 0.0321. The molecule has 3 atom stereocenters. The molecular weight excluding hydrogens is 348 g/mol. The Hall–Kier alpha value is -2.40. The Bertz CT molecular complexity index is 819. The van der Waals surface area contributed by atoms with Crippen LogP contribution in [0.25, 0.3) is 0 Å². The van der Waals surface area contributed by atoms with E-state index >= 15 is 0 Å². The second-order valence-corrected chi connectivity index (χ2v) is 7.61. The van der Waals surface area contributed by atoms with E-state index in [1.807, 2.05) is 48.8 Å². The predicted molar refractivity (Wildman–Crippen MR) is 112 cm³/mol. The monoisotopic (exact) mass is 376 g/mol. The van der Waals surface area contributed by atoms with Gasteiger partial charge in [-0.15, -0.1) is 0 Å². The Balaban J connectivity index is 1.66. The van der Waals surface area contributed by atoms with Gasteiger partial charge in [-0.25, -0.2) is 0 Å². The molecule has 0 aromatic carbocycles. The summed E-state index contributed by atoms with van der Waals surface area (Å²) in [4.78, 5) is 9.13. The minimum absolute atomic E-state index is 0.303. The molecule has 0 saturated heterocycles. The molecule has 28 heavy (non-hydrogen) atoms. The zero-order chi connectivity index (χ0) is 19.2. The fourth-order valence-electron chi connectivity index (χ4n) is 4.35. The standard InChI is InChI=1S/C23H28N4O/c1-2-16-28-17-8-7-9-18-19(13-12-17)23(21-11-4-6-15-25-21)27-26-22(18)20-10-3-5-14-24-20/h3-6,10-11,14-15,17-19H,2,7-9,12-13,16H2,1H3. The van der Waals surface area contributed by atoms with E-state index in [-0.39, 0.29) is 0 Å². The van der Waals surface area contributed by atoms with Crippen LogP contribution in [0.15, 0.2) is 59.0 Å². The van der Waals surface area contributed by atoms with E-state index in [1.165, 1.54) is 0 Å². The van der Waals surface area contributed by atoms with E-state index in [4.69, 9.17) is 4.74 Å². The minimum atomic E-state index is 0.303. The average molecular weight is 377 g/mol. The van der Waals surface area contributed by atoms with Crippen molar-refractivity contribution < 1.29 is 4.74 Å². The zero-order valence-corrected chi connectivity index (χ0v) is 16.5. The predicted octanol–water partition coefficient (Wildman–Crippen LogP) is 4.68. The fourth-order valence-corrected chi connectivity index (χ4v) is 4.35. The molecule has 5 nitrogen and oxygen atoms in total. The Morgan fingerprint density at radius 2 is 1.46 bits per heavy atom. The summed E-state index contributed by atoms with van der Waals surface area (Å²) >= 11 is 0. The van der Waals surface area contributed by atoms with E-state index < -0.39 is 0 Å². The molecule has 3 unspecified atom stereocenters. The molecule has 0 spiro atoms. The highest BCUT2D eigenvalue weighted by Crippen LogP contribution is 2.36. The van der Waals surface area contributed by atoms with Gasteiger partial charge in [0, 0.05) is 30.8 Å². The molecular formula is C23H28N4O. The number of aromatic nitrogens is 2. The third-order valence-electron chi connectivity index (χ3n) is 5.71. The molecule has 0 amide bonds. The summed E-state index contributed by atoms with van der Waals surface area (Å²) in [5, 5.41) is 9.32. The van der Waals surface area contributed by atoms with Crippen molar-refractivity contribution in [1.29, 1.82) is 0 Å². The second-order valence-electron chi connectivity index (χ2n) is 7.61. The number of pyridine rings is 2. The Morgan fingerprint density at radius 3 is 2.04 bits per heavy atom. The number of fused-ring (bicyclic) bond motifs is 1. The average Bonchev–Trinajstić information content (AvgIpc) is 2.74. The maximum Gasteiger partial charge on any atom is 0.0924 e. The Morgan fingerprint density at radius 1 is 0.821 bits per heavy atom. The molecule has 1 aliphatic heterocycles. The molecule has 0 bridgehead atoms. The Labute approximate surface area is 167 Å². The van der Waals surface area contributed by atoms with Crippen molar-refractivity contribution in [2.45, 2.75) is 51.6 Å². The van der Waals surface area contributed by atoms with Crippen LogP contribution in [0.3, 0.4) is 0 Å². The molecule has 2 aromatic rings. The highest BCUT2D eigenvalue weighted by molar-refractivity contribution is 6.10. The fraction of sp³-hybridized carbons (Fsp3) is 0.478. The van der Waals surface area contributed by atoms with Crippen molar-refractivity contribution in [2.75, 3.05) is 6.61 Å². The van der Waals surface area contributed by atoms with Gasteiger partial charge in [-0.1, -0.05) is 25.5 Å². The van der Waals surface area contributed by atoms with E-state index in [1.54, 1.807) is 0 Å². The van der Waals surface area contributed by atoms with Crippen molar-refractivity contribution in [1.82, 2.24) is 9.97 Å². The lowest BCUT2D eigenvalue weighted by Gasteiger charge is -2.34. The number of hydrogen-bond donors (Lipinski definition) is 0. The first-order valence-corrected chi connectivity index (χ1v) is 10.5. The molecule has 0 radical (unpaired) electrons. The van der Waals surface area contributed by atoms with Gasteiger partial charge in [-0.3, -0.25) is 9.97 Å². The van der Waals surface area contributed by atoms with Crippen LogP contribution in [0.5, 0.6) is 0 Å². The first-order valence-electron chi connectivity index (χ1n) is 10.5. The van der Waals surface area contributed by atoms with Crippen LogP contribution in [0, 0.1) is 11.8 Å². The van der Waals surface area contributed by atoms with Gasteiger partial charge in [0.05, 0.1) is 28.9 Å². The number of ether oxygens (including phenoxy) is 1. The summed E-state index contributed by atoms with van der Waals surface area (Å²) in [6, 6.07) is 12.0. The van der Waals surface area contributed by atoms with Gasteiger partial charge in [-0.05, 0) is 56.4 Å². The maximum atomic E-state index is 6.10. The summed E-state index contributed by atoms with van der Waals surface area (Å²) < 4.78 is 6.10. The van der Waals surface area contributed by atoms with Crippen molar-refractivity contribution in [3.8, 4) is 0 Å². The van der Waals surface area contributed by atoms with Gasteiger partial charge < -0.3 is 4.74 Å². The molecule has 1 saturated carbocycles. The highest BCUT2D eigenvalue weighted by Gasteiger charge is 2.37. The van der Waals surface area contributed by atoms with E-state index in [0.717, 1.165) is 67.9 Å². The number of rotatable bonds is 5. The minimum Gasteiger partial charge on any atom is -0.378 e. The van der Waals surface area contributed by atoms with Crippen molar-refractivity contribution in [3.63, 3.8) is 0 Å². The van der Waals surface area contributed by atoms with Gasteiger partial charge in [0.15, 0.2) is 0 Å². The van der Waals surface area contributed by atoms with Crippen LogP contribution in [-0.4, -0.2) is 34.1 Å². The van der Waals surface area contributed by atoms with Gasteiger partial charge in [0.25, 0.3) is 0 Å². The van der Waals surface area contributed by atoms with E-state index in [2.05, 4.69) is 27.1 Å². The van der Waals surface area contributed by atoms with Gasteiger partial charge >= 0.3 is 0 Å². The lowest BCUT2D eigenvalue weighted by atomic mass is 9.74. The second kappa shape index (κ2) is 9.20. The number of hydrogen-bond acceptors (Lipinski definition) is 5. The largest absolute Gasteiger partial charge is 0.378 e. The molecule has 146 valence electrons. The van der Waals surface area contributed by atoms with Crippen LogP contribution in [0.2, 0.25) is 0 Å². The summed E-state index contributed by atoms with van der Waals surface area (Å²) in [5.41, 5.74) is 3.92. The maximum absolute atomic E-state index is 6.10.